The Morgan fingerprint density at radius 3 is 1.71 bits per heavy atom. The zero-order chi connectivity index (χ0) is 38.2. The molecular weight excluding hydrogens is 688 g/mol. The summed E-state index contributed by atoms with van der Waals surface area (Å²) in [4.78, 5) is 66.5. The predicted molar refractivity (Wildman–Crippen MR) is 198 cm³/mol. The summed E-state index contributed by atoms with van der Waals surface area (Å²) in [7, 11) is 0. The number of aliphatic carboxylic acids is 1. The third kappa shape index (κ3) is 13.6. The first-order chi connectivity index (χ1) is 24.8. The summed E-state index contributed by atoms with van der Waals surface area (Å²) in [5.41, 5.74) is 13.9. The lowest BCUT2D eigenvalue weighted by Gasteiger charge is -2.28. The van der Waals surface area contributed by atoms with Gasteiger partial charge >= 0.3 is 5.97 Å². The molecule has 0 aliphatic carbocycles. The normalized spacial score (nSPS) is 14.0. The van der Waals surface area contributed by atoms with E-state index in [0.717, 1.165) is 11.1 Å². The lowest BCUT2D eigenvalue weighted by atomic mass is 9.99. The largest absolute Gasteiger partial charge is 0.508 e. The molecule has 0 unspecified atom stereocenters. The summed E-state index contributed by atoms with van der Waals surface area (Å²) >= 11 is 5.98. The lowest BCUT2D eigenvalue weighted by molar-refractivity contribution is -0.142. The zero-order valence-corrected chi connectivity index (χ0v) is 30.1. The van der Waals surface area contributed by atoms with Crippen LogP contribution >= 0.6 is 11.6 Å². The van der Waals surface area contributed by atoms with Gasteiger partial charge in [0.15, 0.2) is 0 Å². The summed E-state index contributed by atoms with van der Waals surface area (Å²) in [5, 5.41) is 30.8. The Hall–Kier alpha value is -4.98. The number of benzene rings is 3. The van der Waals surface area contributed by atoms with Gasteiger partial charge in [0.1, 0.15) is 29.9 Å². The predicted octanol–water partition coefficient (Wildman–Crippen LogP) is 2.21. The summed E-state index contributed by atoms with van der Waals surface area (Å²) in [6.07, 6.45) is 1.44. The van der Waals surface area contributed by atoms with Crippen LogP contribution in [0.2, 0.25) is 5.02 Å². The molecular formula is C38H49ClN6O7. The number of carbonyl (C=O) groups excluding carboxylic acids is 4. The van der Waals surface area contributed by atoms with E-state index >= 15 is 0 Å². The molecule has 0 saturated heterocycles. The molecule has 0 fully saturated rings. The van der Waals surface area contributed by atoms with E-state index in [1.54, 1.807) is 74.5 Å². The molecule has 280 valence electrons. The Bertz CT molecular complexity index is 1620. The fraction of sp³-hybridized carbons (Fsp3) is 0.395. The second-order valence-corrected chi connectivity index (χ2v) is 13.5. The van der Waals surface area contributed by atoms with Crippen molar-refractivity contribution in [3.8, 4) is 5.75 Å². The molecule has 4 amide bonds. The second-order valence-electron chi connectivity index (χ2n) is 13.0. The number of carboxylic acids is 1. The second kappa shape index (κ2) is 20.8. The molecule has 3 aromatic carbocycles. The number of carboxylic acid groups (broad SMARTS) is 1. The van der Waals surface area contributed by atoms with E-state index in [-0.39, 0.29) is 31.4 Å². The first-order valence-corrected chi connectivity index (χ1v) is 17.6. The number of amides is 4. The number of phenolic OH excluding ortho intramolecular Hbond substituents is 1. The Kier molecular flexibility index (Phi) is 16.5. The number of phenols is 1. The van der Waals surface area contributed by atoms with Crippen molar-refractivity contribution >= 4 is 41.2 Å². The fourth-order valence-corrected chi connectivity index (χ4v) is 5.58. The van der Waals surface area contributed by atoms with Crippen LogP contribution in [-0.4, -0.2) is 76.6 Å². The maximum Gasteiger partial charge on any atom is 0.326 e. The van der Waals surface area contributed by atoms with E-state index in [1.165, 1.54) is 12.1 Å². The molecule has 0 aliphatic rings. The average Bonchev–Trinajstić information content (AvgIpc) is 3.11. The van der Waals surface area contributed by atoms with Gasteiger partial charge in [0, 0.05) is 17.9 Å². The molecule has 3 aromatic rings. The molecule has 0 radical (unpaired) electrons. The van der Waals surface area contributed by atoms with Gasteiger partial charge in [0.2, 0.25) is 23.6 Å². The minimum absolute atomic E-state index is 0.00491. The van der Waals surface area contributed by atoms with Crippen LogP contribution in [0.1, 0.15) is 49.8 Å². The number of halogens is 1. The average molecular weight is 737 g/mol. The van der Waals surface area contributed by atoms with E-state index in [4.69, 9.17) is 23.1 Å². The van der Waals surface area contributed by atoms with Gasteiger partial charge in [0.25, 0.3) is 0 Å². The summed E-state index contributed by atoms with van der Waals surface area (Å²) in [6, 6.07) is 16.2. The molecule has 14 heteroatoms. The van der Waals surface area contributed by atoms with E-state index < -0.39 is 65.7 Å². The number of nitrogens with one attached hydrogen (secondary N) is 4. The topological polar surface area (TPSA) is 226 Å². The van der Waals surface area contributed by atoms with Crippen LogP contribution < -0.4 is 32.7 Å². The third-order valence-corrected chi connectivity index (χ3v) is 8.69. The highest BCUT2D eigenvalue weighted by molar-refractivity contribution is 6.30. The molecule has 13 nitrogen and oxygen atoms in total. The standard InChI is InChI=1S/C38H49ClN6O7/c1-23(2)33(37(50)44-31(22-26-13-17-28(46)18-14-26)35(48)42-30(38(51)52)10-6-7-19-40)45-36(49)32(21-24-8-4-3-5-9-24)43-34(47)29(41)20-25-11-15-27(39)16-12-25/h3-5,8-9,11-18,23,29-33,46H,6-7,10,19-22,40-41H2,1-2H3,(H,42,48)(H,43,47)(H,44,50)(H,45,49)(H,51,52)/t29-,30-,31-,32-,33-/m0/s1. The third-order valence-electron chi connectivity index (χ3n) is 8.44. The summed E-state index contributed by atoms with van der Waals surface area (Å²) in [6.45, 7) is 3.79. The van der Waals surface area contributed by atoms with Crippen molar-refractivity contribution in [1.82, 2.24) is 21.3 Å². The SMILES string of the molecule is CC(C)[C@H](NC(=O)[C@H](Cc1ccccc1)NC(=O)[C@@H](N)Cc1ccc(Cl)cc1)C(=O)N[C@@H](Cc1ccc(O)cc1)C(=O)N[C@@H](CCCCN)C(=O)O. The Balaban J connectivity index is 1.81. The smallest absolute Gasteiger partial charge is 0.326 e. The molecule has 3 rings (SSSR count). The minimum Gasteiger partial charge on any atom is -0.508 e. The number of unbranched alkanes of at least 4 members (excludes halogenated alkanes) is 1. The number of carbonyl (C=O) groups is 5. The van der Waals surface area contributed by atoms with Crippen LogP contribution in [0.25, 0.3) is 0 Å². The molecule has 0 aliphatic heterocycles. The molecule has 0 spiro atoms. The van der Waals surface area contributed by atoms with Crippen LogP contribution in [0, 0.1) is 5.92 Å². The quantitative estimate of drug-likeness (QED) is 0.0795. The zero-order valence-electron chi connectivity index (χ0n) is 29.4. The van der Waals surface area contributed by atoms with Gasteiger partial charge < -0.3 is 42.9 Å². The highest BCUT2D eigenvalue weighted by atomic mass is 35.5. The van der Waals surface area contributed by atoms with E-state index in [0.29, 0.717) is 30.0 Å². The number of nitrogens with two attached hydrogens (primary N) is 2. The molecule has 10 N–H and O–H groups in total. The van der Waals surface area contributed by atoms with Crippen LogP contribution in [0.5, 0.6) is 5.75 Å². The van der Waals surface area contributed by atoms with Gasteiger partial charge in [-0.2, -0.15) is 0 Å². The summed E-state index contributed by atoms with van der Waals surface area (Å²) in [5.74, 6) is -4.33. The first kappa shape index (κ1) is 41.4. The number of hydrogen-bond acceptors (Lipinski definition) is 8. The summed E-state index contributed by atoms with van der Waals surface area (Å²) < 4.78 is 0. The van der Waals surface area contributed by atoms with Crippen molar-refractivity contribution in [1.29, 1.82) is 0 Å². The highest BCUT2D eigenvalue weighted by Gasteiger charge is 2.33. The molecule has 0 saturated carbocycles. The molecule has 0 bridgehead atoms. The number of rotatable bonds is 20. The van der Waals surface area contributed by atoms with E-state index in [1.807, 2.05) is 6.07 Å². The Morgan fingerprint density at radius 1 is 0.654 bits per heavy atom. The van der Waals surface area contributed by atoms with Crippen LogP contribution in [0.4, 0.5) is 0 Å². The first-order valence-electron chi connectivity index (χ1n) is 17.2. The van der Waals surface area contributed by atoms with E-state index in [9.17, 15) is 34.2 Å². The fourth-order valence-electron chi connectivity index (χ4n) is 5.45. The van der Waals surface area contributed by atoms with Crippen molar-refractivity contribution < 1.29 is 34.2 Å². The monoisotopic (exact) mass is 736 g/mol. The Labute approximate surface area is 308 Å². The van der Waals surface area contributed by atoms with Crippen LogP contribution in [0.15, 0.2) is 78.9 Å². The lowest BCUT2D eigenvalue weighted by Crippen LogP contribution is -2.60. The minimum atomic E-state index is -1.24. The van der Waals surface area contributed by atoms with Gasteiger partial charge in [-0.25, -0.2) is 4.79 Å². The number of aromatic hydroxyl groups is 1. The van der Waals surface area contributed by atoms with Crippen molar-refractivity contribution in [2.75, 3.05) is 6.54 Å². The number of hydrogen-bond donors (Lipinski definition) is 8. The van der Waals surface area contributed by atoms with E-state index in [2.05, 4.69) is 21.3 Å². The van der Waals surface area contributed by atoms with Gasteiger partial charge in [-0.1, -0.05) is 80.0 Å². The van der Waals surface area contributed by atoms with Gasteiger partial charge in [-0.3, -0.25) is 19.2 Å². The molecule has 0 heterocycles. The van der Waals surface area contributed by atoms with Crippen molar-refractivity contribution in [2.45, 2.75) is 82.6 Å². The van der Waals surface area contributed by atoms with Crippen molar-refractivity contribution in [3.63, 3.8) is 0 Å². The van der Waals surface area contributed by atoms with Crippen molar-refractivity contribution in [2.24, 2.45) is 17.4 Å². The molecule has 0 aromatic heterocycles. The van der Waals surface area contributed by atoms with Crippen molar-refractivity contribution in [3.05, 3.63) is 101 Å². The van der Waals surface area contributed by atoms with Gasteiger partial charge in [0.05, 0.1) is 6.04 Å². The molecule has 52 heavy (non-hydrogen) atoms. The maximum atomic E-state index is 13.9. The Morgan fingerprint density at radius 2 is 1.15 bits per heavy atom. The maximum absolute atomic E-state index is 13.9. The molecule has 5 atom stereocenters. The van der Waals surface area contributed by atoms with Gasteiger partial charge in [-0.05, 0) is 79.1 Å². The highest BCUT2D eigenvalue weighted by Crippen LogP contribution is 2.14. The van der Waals surface area contributed by atoms with Crippen LogP contribution in [-0.2, 0) is 43.2 Å². The van der Waals surface area contributed by atoms with Gasteiger partial charge in [-0.15, -0.1) is 0 Å². The van der Waals surface area contributed by atoms with Crippen LogP contribution in [0.3, 0.4) is 0 Å².